The van der Waals surface area contributed by atoms with Gasteiger partial charge in [0.15, 0.2) is 0 Å². The molecular formula is C11H10ClN3. The minimum atomic E-state index is 0.415. The summed E-state index contributed by atoms with van der Waals surface area (Å²) in [7, 11) is 0. The third-order valence-corrected chi connectivity index (χ3v) is 2.62. The minimum absolute atomic E-state index is 0.415. The molecule has 0 unspecified atom stereocenters. The Labute approximate surface area is 92.9 Å². The van der Waals surface area contributed by atoms with Crippen molar-refractivity contribution in [2.45, 2.75) is 6.92 Å². The van der Waals surface area contributed by atoms with Gasteiger partial charge in [0.2, 0.25) is 0 Å². The third-order valence-electron chi connectivity index (χ3n) is 2.22. The smallest absolute Gasteiger partial charge is 0.141 e. The first-order valence-electron chi connectivity index (χ1n) is 4.51. The maximum atomic E-state index is 6.02. The molecule has 0 atom stereocenters. The zero-order valence-electron chi connectivity index (χ0n) is 8.24. The van der Waals surface area contributed by atoms with E-state index in [1.54, 1.807) is 6.20 Å². The van der Waals surface area contributed by atoms with Crippen molar-refractivity contribution < 1.29 is 0 Å². The molecule has 76 valence electrons. The van der Waals surface area contributed by atoms with E-state index in [4.69, 9.17) is 17.3 Å². The van der Waals surface area contributed by atoms with Crippen LogP contribution in [0.1, 0.15) is 5.56 Å². The summed E-state index contributed by atoms with van der Waals surface area (Å²) in [5.74, 6) is 0.415. The summed E-state index contributed by atoms with van der Waals surface area (Å²) in [6.45, 7) is 1.95. The van der Waals surface area contributed by atoms with E-state index >= 15 is 0 Å². The van der Waals surface area contributed by atoms with E-state index in [0.29, 0.717) is 5.82 Å². The highest BCUT2D eigenvalue weighted by molar-refractivity contribution is 6.31. The first-order chi connectivity index (χ1) is 7.18. The molecule has 0 saturated carbocycles. The first-order valence-corrected chi connectivity index (χ1v) is 4.89. The molecule has 0 radical (unpaired) electrons. The van der Waals surface area contributed by atoms with Crippen LogP contribution in [0.25, 0.3) is 11.3 Å². The topological polar surface area (TPSA) is 51.8 Å². The van der Waals surface area contributed by atoms with Gasteiger partial charge >= 0.3 is 0 Å². The molecule has 0 bridgehead atoms. The molecule has 0 amide bonds. The van der Waals surface area contributed by atoms with Crippen LogP contribution in [-0.2, 0) is 0 Å². The van der Waals surface area contributed by atoms with Crippen LogP contribution in [0.5, 0.6) is 0 Å². The van der Waals surface area contributed by atoms with E-state index in [2.05, 4.69) is 9.97 Å². The Morgan fingerprint density at radius 3 is 2.67 bits per heavy atom. The average molecular weight is 220 g/mol. The predicted octanol–water partition coefficient (Wildman–Crippen LogP) is 2.69. The van der Waals surface area contributed by atoms with Gasteiger partial charge in [-0.2, -0.15) is 0 Å². The van der Waals surface area contributed by atoms with Crippen LogP contribution in [0.4, 0.5) is 5.82 Å². The third kappa shape index (κ3) is 1.92. The Kier molecular flexibility index (Phi) is 2.56. The molecule has 0 fully saturated rings. The molecule has 2 aromatic rings. The SMILES string of the molecule is Cc1c(Cl)cccc1-c1cnc(N)cn1. The zero-order valence-corrected chi connectivity index (χ0v) is 8.99. The summed E-state index contributed by atoms with van der Waals surface area (Å²) in [6.07, 6.45) is 3.18. The second kappa shape index (κ2) is 3.87. The van der Waals surface area contributed by atoms with E-state index in [-0.39, 0.29) is 0 Å². The fourth-order valence-corrected chi connectivity index (χ4v) is 1.54. The Balaban J connectivity index is 2.54. The molecule has 3 nitrogen and oxygen atoms in total. The van der Waals surface area contributed by atoms with Gasteiger partial charge in [-0.05, 0) is 18.6 Å². The van der Waals surface area contributed by atoms with Gasteiger partial charge in [-0.25, -0.2) is 4.98 Å². The highest BCUT2D eigenvalue weighted by Crippen LogP contribution is 2.26. The molecule has 1 heterocycles. The van der Waals surface area contributed by atoms with Gasteiger partial charge in [0, 0.05) is 10.6 Å². The second-order valence-corrected chi connectivity index (χ2v) is 3.65. The number of nitrogen functional groups attached to an aromatic ring is 1. The van der Waals surface area contributed by atoms with Crippen molar-refractivity contribution in [1.82, 2.24) is 9.97 Å². The van der Waals surface area contributed by atoms with Gasteiger partial charge < -0.3 is 5.73 Å². The molecule has 2 N–H and O–H groups in total. The number of hydrogen-bond donors (Lipinski definition) is 1. The fraction of sp³-hybridized carbons (Fsp3) is 0.0909. The molecule has 1 aromatic heterocycles. The Morgan fingerprint density at radius 1 is 1.20 bits per heavy atom. The number of benzene rings is 1. The zero-order chi connectivity index (χ0) is 10.8. The lowest BCUT2D eigenvalue weighted by atomic mass is 10.1. The largest absolute Gasteiger partial charge is 0.382 e. The Hall–Kier alpha value is -1.61. The van der Waals surface area contributed by atoms with Crippen LogP contribution in [0.2, 0.25) is 5.02 Å². The molecule has 15 heavy (non-hydrogen) atoms. The van der Waals surface area contributed by atoms with E-state index in [1.165, 1.54) is 6.20 Å². The van der Waals surface area contributed by atoms with Crippen LogP contribution < -0.4 is 5.73 Å². The van der Waals surface area contributed by atoms with Crippen molar-refractivity contribution >= 4 is 17.4 Å². The van der Waals surface area contributed by atoms with Crippen LogP contribution >= 0.6 is 11.6 Å². The number of nitrogens with two attached hydrogens (primary N) is 1. The molecule has 0 spiro atoms. The quantitative estimate of drug-likeness (QED) is 0.802. The van der Waals surface area contributed by atoms with Crippen molar-refractivity contribution in [1.29, 1.82) is 0 Å². The standard InChI is InChI=1S/C11H10ClN3/c1-7-8(3-2-4-9(7)12)10-5-15-11(13)6-14-10/h2-6H,1H3,(H2,13,15). The van der Waals surface area contributed by atoms with Crippen molar-refractivity contribution in [3.8, 4) is 11.3 Å². The molecule has 0 saturated heterocycles. The van der Waals surface area contributed by atoms with Crippen LogP contribution in [0.3, 0.4) is 0 Å². The van der Waals surface area contributed by atoms with E-state index in [1.807, 2.05) is 25.1 Å². The highest BCUT2D eigenvalue weighted by atomic mass is 35.5. The lowest BCUT2D eigenvalue weighted by Crippen LogP contribution is -1.93. The summed E-state index contributed by atoms with van der Waals surface area (Å²) in [6, 6.07) is 5.70. The van der Waals surface area contributed by atoms with Gasteiger partial charge in [0.1, 0.15) is 5.82 Å². The summed E-state index contributed by atoms with van der Waals surface area (Å²) in [4.78, 5) is 8.20. The van der Waals surface area contributed by atoms with Crippen molar-refractivity contribution in [2.75, 3.05) is 5.73 Å². The summed E-state index contributed by atoms with van der Waals surface area (Å²) in [5.41, 5.74) is 8.23. The van der Waals surface area contributed by atoms with Crippen LogP contribution in [0, 0.1) is 6.92 Å². The minimum Gasteiger partial charge on any atom is -0.382 e. The molecule has 0 aliphatic rings. The van der Waals surface area contributed by atoms with Crippen LogP contribution in [0.15, 0.2) is 30.6 Å². The van der Waals surface area contributed by atoms with Gasteiger partial charge in [-0.3, -0.25) is 4.98 Å². The van der Waals surface area contributed by atoms with E-state index < -0.39 is 0 Å². The van der Waals surface area contributed by atoms with Gasteiger partial charge in [0.25, 0.3) is 0 Å². The molecule has 0 aliphatic heterocycles. The number of halogens is 1. The first kappa shape index (κ1) is 9.93. The monoisotopic (exact) mass is 219 g/mol. The van der Waals surface area contributed by atoms with Crippen LogP contribution in [-0.4, -0.2) is 9.97 Å². The molecule has 2 rings (SSSR count). The van der Waals surface area contributed by atoms with Crippen molar-refractivity contribution in [3.05, 3.63) is 41.2 Å². The Bertz CT molecular complexity index is 480. The number of aromatic nitrogens is 2. The molecule has 4 heteroatoms. The maximum Gasteiger partial charge on any atom is 0.141 e. The summed E-state index contributed by atoms with van der Waals surface area (Å²) < 4.78 is 0. The Morgan fingerprint density at radius 2 is 2.00 bits per heavy atom. The number of nitrogens with zero attached hydrogens (tertiary/aromatic N) is 2. The van der Waals surface area contributed by atoms with Gasteiger partial charge in [-0.15, -0.1) is 0 Å². The van der Waals surface area contributed by atoms with Gasteiger partial charge in [0.05, 0.1) is 18.1 Å². The average Bonchev–Trinajstić information content (AvgIpc) is 2.24. The van der Waals surface area contributed by atoms with E-state index in [9.17, 15) is 0 Å². The molecular weight excluding hydrogens is 210 g/mol. The number of anilines is 1. The summed E-state index contributed by atoms with van der Waals surface area (Å²) >= 11 is 6.02. The van der Waals surface area contributed by atoms with Gasteiger partial charge in [-0.1, -0.05) is 23.7 Å². The summed E-state index contributed by atoms with van der Waals surface area (Å²) in [5, 5.41) is 0.728. The lowest BCUT2D eigenvalue weighted by molar-refractivity contribution is 1.21. The molecule has 0 aliphatic carbocycles. The van der Waals surface area contributed by atoms with Crippen molar-refractivity contribution in [2.24, 2.45) is 0 Å². The maximum absolute atomic E-state index is 6.02. The number of rotatable bonds is 1. The fourth-order valence-electron chi connectivity index (χ4n) is 1.36. The second-order valence-electron chi connectivity index (χ2n) is 3.24. The van der Waals surface area contributed by atoms with Crippen molar-refractivity contribution in [3.63, 3.8) is 0 Å². The normalized spacial score (nSPS) is 10.3. The highest BCUT2D eigenvalue weighted by Gasteiger charge is 2.05. The lowest BCUT2D eigenvalue weighted by Gasteiger charge is -2.06. The predicted molar refractivity (Wildman–Crippen MR) is 61.6 cm³/mol. The molecule has 1 aromatic carbocycles. The van der Waals surface area contributed by atoms with E-state index in [0.717, 1.165) is 21.8 Å². The number of hydrogen-bond acceptors (Lipinski definition) is 3.